The summed E-state index contributed by atoms with van der Waals surface area (Å²) >= 11 is 0. The first-order chi connectivity index (χ1) is 3.85. The minimum atomic E-state index is 0. The Balaban J connectivity index is 0. The highest BCUT2D eigenvalue weighted by molar-refractivity contribution is 8.93. The highest BCUT2D eigenvalue weighted by atomic mass is 79.9. The van der Waals surface area contributed by atoms with E-state index >= 15 is 0 Å². The van der Waals surface area contributed by atoms with Gasteiger partial charge in [-0.25, -0.2) is 0 Å². The van der Waals surface area contributed by atoms with Crippen LogP contribution in [-0.2, 0) is 0 Å². The van der Waals surface area contributed by atoms with Gasteiger partial charge in [0.05, 0.1) is 0 Å². The van der Waals surface area contributed by atoms with E-state index in [4.69, 9.17) is 0 Å². The lowest BCUT2D eigenvalue weighted by Crippen LogP contribution is -1.74. The predicted octanol–water partition coefficient (Wildman–Crippen LogP) is 3.72. The van der Waals surface area contributed by atoms with Crippen molar-refractivity contribution >= 4 is 17.0 Å². The smallest absolute Gasteiger partial charge is 0.0349 e. The maximum atomic E-state index is 2.32. The average Bonchev–Trinajstić information content (AvgIpc) is 1.83. The van der Waals surface area contributed by atoms with Crippen LogP contribution in [0, 0.1) is 0 Å². The van der Waals surface area contributed by atoms with Crippen LogP contribution in [0.1, 0.15) is 40.0 Å². The van der Waals surface area contributed by atoms with Gasteiger partial charge in [0.1, 0.15) is 0 Å². The Kier molecular flexibility index (Phi) is 10.9. The summed E-state index contributed by atoms with van der Waals surface area (Å²) in [6.45, 7) is 6.61. The Morgan fingerprint density at radius 3 is 1.67 bits per heavy atom. The van der Waals surface area contributed by atoms with E-state index < -0.39 is 0 Å². The molecular formula is C8H17Br. The highest BCUT2D eigenvalue weighted by Crippen LogP contribution is 2.05. The molecule has 0 heterocycles. The maximum absolute atomic E-state index is 2.32. The Hall–Kier alpha value is 0.220. The molecule has 0 atom stereocenters. The fourth-order valence-corrected chi connectivity index (χ4v) is 0.827. The topological polar surface area (TPSA) is 0 Å². The molecule has 0 aromatic carbocycles. The van der Waals surface area contributed by atoms with E-state index in [1.807, 2.05) is 0 Å². The van der Waals surface area contributed by atoms with E-state index in [0.29, 0.717) is 0 Å². The summed E-state index contributed by atoms with van der Waals surface area (Å²) in [5.41, 5.74) is 1.59. The Labute approximate surface area is 69.1 Å². The fraction of sp³-hybridized carbons (Fsp3) is 0.750. The first-order valence-electron chi connectivity index (χ1n) is 3.53. The summed E-state index contributed by atoms with van der Waals surface area (Å²) in [6.07, 6.45) is 5.96. The normalized spacial score (nSPS) is 7.89. The Morgan fingerprint density at radius 1 is 1.11 bits per heavy atom. The number of allylic oxidation sites excluding steroid dienone is 2. The van der Waals surface area contributed by atoms with Gasteiger partial charge in [-0.1, -0.05) is 32.4 Å². The standard InChI is InChI=1S/C8H16.BrH/c1-4-7-8(5-2)6-3;/h7H,4-6H2,1-3H3;1H. The van der Waals surface area contributed by atoms with E-state index in [-0.39, 0.29) is 17.0 Å². The molecule has 0 aliphatic heterocycles. The number of halogens is 1. The molecule has 0 aliphatic carbocycles. The molecule has 0 amide bonds. The molecule has 56 valence electrons. The van der Waals surface area contributed by atoms with Crippen molar-refractivity contribution in [3.63, 3.8) is 0 Å². The molecule has 1 heteroatoms. The van der Waals surface area contributed by atoms with Crippen molar-refractivity contribution in [2.45, 2.75) is 40.0 Å². The van der Waals surface area contributed by atoms with Crippen LogP contribution in [0.4, 0.5) is 0 Å². The third-order valence-corrected chi connectivity index (χ3v) is 1.40. The molecule has 0 saturated carbocycles. The van der Waals surface area contributed by atoms with Gasteiger partial charge in [0.2, 0.25) is 0 Å². The lowest BCUT2D eigenvalue weighted by atomic mass is 10.1. The summed E-state index contributed by atoms with van der Waals surface area (Å²) in [5, 5.41) is 0. The second-order valence-corrected chi connectivity index (χ2v) is 1.98. The van der Waals surface area contributed by atoms with E-state index in [2.05, 4.69) is 26.8 Å². The minimum Gasteiger partial charge on any atom is -0.114 e. The molecule has 0 fully saturated rings. The number of hydrogen-bond donors (Lipinski definition) is 0. The van der Waals surface area contributed by atoms with Gasteiger partial charge in [-0.05, 0) is 19.3 Å². The van der Waals surface area contributed by atoms with Crippen LogP contribution < -0.4 is 0 Å². The zero-order valence-corrected chi connectivity index (χ0v) is 8.32. The van der Waals surface area contributed by atoms with Crippen LogP contribution in [0.25, 0.3) is 0 Å². The minimum absolute atomic E-state index is 0. The monoisotopic (exact) mass is 192 g/mol. The van der Waals surface area contributed by atoms with Gasteiger partial charge in [0.25, 0.3) is 0 Å². The van der Waals surface area contributed by atoms with Crippen molar-refractivity contribution in [3.05, 3.63) is 11.6 Å². The van der Waals surface area contributed by atoms with Gasteiger partial charge in [0.15, 0.2) is 0 Å². The first kappa shape index (κ1) is 12.0. The van der Waals surface area contributed by atoms with Crippen molar-refractivity contribution in [3.8, 4) is 0 Å². The predicted molar refractivity (Wildman–Crippen MR) is 49.3 cm³/mol. The molecule has 0 unspecified atom stereocenters. The quantitative estimate of drug-likeness (QED) is 0.599. The molecule has 0 aromatic rings. The third-order valence-electron chi connectivity index (χ3n) is 1.40. The summed E-state index contributed by atoms with van der Waals surface area (Å²) in [6, 6.07) is 0. The van der Waals surface area contributed by atoms with Crippen molar-refractivity contribution in [2.24, 2.45) is 0 Å². The van der Waals surface area contributed by atoms with Gasteiger partial charge < -0.3 is 0 Å². The van der Waals surface area contributed by atoms with Crippen LogP contribution in [-0.4, -0.2) is 0 Å². The second-order valence-electron chi connectivity index (χ2n) is 1.98. The van der Waals surface area contributed by atoms with E-state index in [1.54, 1.807) is 5.57 Å². The lowest BCUT2D eigenvalue weighted by Gasteiger charge is -1.95. The molecule has 0 radical (unpaired) electrons. The largest absolute Gasteiger partial charge is 0.114 e. The van der Waals surface area contributed by atoms with Gasteiger partial charge in [-0.2, -0.15) is 0 Å². The second kappa shape index (κ2) is 8.22. The molecule has 0 N–H and O–H groups in total. The zero-order chi connectivity index (χ0) is 6.41. The molecule has 0 aromatic heterocycles. The lowest BCUT2D eigenvalue weighted by molar-refractivity contribution is 0.955. The van der Waals surface area contributed by atoms with Gasteiger partial charge in [-0.15, -0.1) is 17.0 Å². The van der Waals surface area contributed by atoms with Gasteiger partial charge >= 0.3 is 0 Å². The van der Waals surface area contributed by atoms with E-state index in [0.717, 1.165) is 0 Å². The first-order valence-corrected chi connectivity index (χ1v) is 3.53. The van der Waals surface area contributed by atoms with Crippen molar-refractivity contribution in [2.75, 3.05) is 0 Å². The van der Waals surface area contributed by atoms with Crippen molar-refractivity contribution < 1.29 is 0 Å². The molecule has 0 rings (SSSR count). The molecular weight excluding hydrogens is 176 g/mol. The van der Waals surface area contributed by atoms with E-state index in [1.165, 1.54) is 19.3 Å². The number of hydrogen-bond acceptors (Lipinski definition) is 0. The van der Waals surface area contributed by atoms with Crippen LogP contribution in [0.3, 0.4) is 0 Å². The maximum Gasteiger partial charge on any atom is -0.0349 e. The summed E-state index contributed by atoms with van der Waals surface area (Å²) in [4.78, 5) is 0. The molecule has 0 bridgehead atoms. The summed E-state index contributed by atoms with van der Waals surface area (Å²) in [7, 11) is 0. The van der Waals surface area contributed by atoms with Crippen LogP contribution >= 0.6 is 17.0 Å². The SMILES string of the molecule is Br.CCC=C(CC)CC. The Morgan fingerprint density at radius 2 is 1.56 bits per heavy atom. The van der Waals surface area contributed by atoms with E-state index in [9.17, 15) is 0 Å². The average molecular weight is 193 g/mol. The van der Waals surface area contributed by atoms with Crippen LogP contribution in [0.5, 0.6) is 0 Å². The Bertz CT molecular complexity index is 68.6. The molecule has 9 heavy (non-hydrogen) atoms. The zero-order valence-electron chi connectivity index (χ0n) is 6.61. The molecule has 0 nitrogen and oxygen atoms in total. The van der Waals surface area contributed by atoms with Crippen LogP contribution in [0.2, 0.25) is 0 Å². The summed E-state index contributed by atoms with van der Waals surface area (Å²) in [5.74, 6) is 0. The third kappa shape index (κ3) is 6.10. The van der Waals surface area contributed by atoms with Gasteiger partial charge in [-0.3, -0.25) is 0 Å². The van der Waals surface area contributed by atoms with Crippen molar-refractivity contribution in [1.82, 2.24) is 0 Å². The number of rotatable bonds is 3. The van der Waals surface area contributed by atoms with Gasteiger partial charge in [0, 0.05) is 0 Å². The molecule has 0 aliphatic rings. The molecule has 0 saturated heterocycles. The highest BCUT2D eigenvalue weighted by Gasteiger charge is 1.84. The van der Waals surface area contributed by atoms with Crippen LogP contribution in [0.15, 0.2) is 11.6 Å². The van der Waals surface area contributed by atoms with Crippen molar-refractivity contribution in [1.29, 1.82) is 0 Å². The molecule has 0 spiro atoms. The fourth-order valence-electron chi connectivity index (χ4n) is 0.827. The summed E-state index contributed by atoms with van der Waals surface area (Å²) < 4.78 is 0.